The molecular weight excluding hydrogens is 278 g/mol. The summed E-state index contributed by atoms with van der Waals surface area (Å²) in [5.74, 6) is 0.992. The van der Waals surface area contributed by atoms with Crippen LogP contribution in [0.15, 0.2) is 22.7 Å². The van der Waals surface area contributed by atoms with Crippen LogP contribution in [0.25, 0.3) is 0 Å². The topological polar surface area (TPSA) is 21.3 Å². The van der Waals surface area contributed by atoms with Crippen LogP contribution in [0, 0.1) is 0 Å². The molecule has 1 atom stereocenters. The van der Waals surface area contributed by atoms with Crippen LogP contribution in [0.2, 0.25) is 0 Å². The van der Waals surface area contributed by atoms with Gasteiger partial charge in [0, 0.05) is 22.6 Å². The Hall–Kier alpha value is -0.540. The fourth-order valence-electron chi connectivity index (χ4n) is 1.47. The van der Waals surface area contributed by atoms with Crippen molar-refractivity contribution in [2.45, 2.75) is 46.2 Å². The van der Waals surface area contributed by atoms with Gasteiger partial charge < -0.3 is 10.1 Å². The molecule has 0 radical (unpaired) electrons. The third kappa shape index (κ3) is 5.09. The lowest BCUT2D eigenvalue weighted by molar-refractivity contribution is 0.312. The summed E-state index contributed by atoms with van der Waals surface area (Å²) in [5, 5.41) is 3.49. The highest BCUT2D eigenvalue weighted by molar-refractivity contribution is 9.10. The number of halogens is 1. The van der Waals surface area contributed by atoms with Gasteiger partial charge in [0.05, 0.1) is 6.61 Å². The summed E-state index contributed by atoms with van der Waals surface area (Å²) >= 11 is 3.51. The lowest BCUT2D eigenvalue weighted by Crippen LogP contribution is -2.24. The smallest absolute Gasteiger partial charge is 0.123 e. The van der Waals surface area contributed by atoms with Gasteiger partial charge in [-0.25, -0.2) is 0 Å². The van der Waals surface area contributed by atoms with Crippen molar-refractivity contribution in [2.24, 2.45) is 0 Å². The molecule has 1 rings (SSSR count). The summed E-state index contributed by atoms with van der Waals surface area (Å²) in [7, 11) is 0. The van der Waals surface area contributed by atoms with Crippen molar-refractivity contribution in [3.05, 3.63) is 28.2 Å². The van der Waals surface area contributed by atoms with Crippen LogP contribution in [0.4, 0.5) is 0 Å². The molecule has 1 N–H and O–H groups in total. The highest BCUT2D eigenvalue weighted by atomic mass is 79.9. The number of hydrogen-bond acceptors (Lipinski definition) is 2. The van der Waals surface area contributed by atoms with E-state index >= 15 is 0 Å². The van der Waals surface area contributed by atoms with E-state index in [2.05, 4.69) is 48.1 Å². The van der Waals surface area contributed by atoms with Crippen LogP contribution in [0.3, 0.4) is 0 Å². The zero-order valence-corrected chi connectivity index (χ0v) is 12.5. The molecule has 2 nitrogen and oxygen atoms in total. The Morgan fingerprint density at radius 3 is 2.76 bits per heavy atom. The molecular formula is C14H22BrNO. The summed E-state index contributed by atoms with van der Waals surface area (Å²) < 4.78 is 6.85. The molecule has 0 saturated carbocycles. The van der Waals surface area contributed by atoms with Gasteiger partial charge in [-0.1, -0.05) is 29.8 Å². The summed E-state index contributed by atoms with van der Waals surface area (Å²) in [6, 6.07) is 6.72. The van der Waals surface area contributed by atoms with Crippen LogP contribution in [-0.4, -0.2) is 12.6 Å². The molecule has 0 bridgehead atoms. The average molecular weight is 300 g/mol. The summed E-state index contributed by atoms with van der Waals surface area (Å²) in [5.41, 5.74) is 1.22. The zero-order chi connectivity index (χ0) is 12.7. The van der Waals surface area contributed by atoms with Gasteiger partial charge >= 0.3 is 0 Å². The monoisotopic (exact) mass is 299 g/mol. The van der Waals surface area contributed by atoms with E-state index in [1.807, 2.05) is 12.1 Å². The van der Waals surface area contributed by atoms with E-state index < -0.39 is 0 Å². The fourth-order valence-corrected chi connectivity index (χ4v) is 1.88. The molecule has 0 aromatic heterocycles. The standard InChI is InChI=1S/C14H22BrNO/c1-4-8-17-14-7-6-13(15)9-12(14)10-16-11(3)5-2/h6-7,9,11,16H,4-5,8,10H2,1-3H3/t11-/m0/s1. The SMILES string of the molecule is CCCOc1ccc(Br)cc1CN[C@@H](C)CC. The van der Waals surface area contributed by atoms with Gasteiger partial charge in [0.15, 0.2) is 0 Å². The first-order valence-corrected chi connectivity index (χ1v) is 7.11. The minimum absolute atomic E-state index is 0.535. The second-order valence-electron chi connectivity index (χ2n) is 4.29. The number of hydrogen-bond donors (Lipinski definition) is 1. The van der Waals surface area contributed by atoms with Crippen molar-refractivity contribution in [3.63, 3.8) is 0 Å². The van der Waals surface area contributed by atoms with Crippen molar-refractivity contribution in [3.8, 4) is 5.75 Å². The van der Waals surface area contributed by atoms with E-state index in [0.29, 0.717) is 6.04 Å². The van der Waals surface area contributed by atoms with Crippen molar-refractivity contribution in [2.75, 3.05) is 6.61 Å². The molecule has 0 aliphatic rings. The Balaban J connectivity index is 2.69. The first-order chi connectivity index (χ1) is 8.17. The lowest BCUT2D eigenvalue weighted by Gasteiger charge is -2.15. The van der Waals surface area contributed by atoms with E-state index in [1.54, 1.807) is 0 Å². The van der Waals surface area contributed by atoms with Crippen molar-refractivity contribution in [1.29, 1.82) is 0 Å². The van der Waals surface area contributed by atoms with Gasteiger partial charge in [0.2, 0.25) is 0 Å². The highest BCUT2D eigenvalue weighted by Crippen LogP contribution is 2.23. The van der Waals surface area contributed by atoms with Crippen molar-refractivity contribution < 1.29 is 4.74 Å². The molecule has 96 valence electrons. The van der Waals surface area contributed by atoms with Gasteiger partial charge in [-0.15, -0.1) is 0 Å². The lowest BCUT2D eigenvalue weighted by atomic mass is 10.2. The first kappa shape index (κ1) is 14.5. The number of benzene rings is 1. The highest BCUT2D eigenvalue weighted by Gasteiger charge is 2.06. The second-order valence-corrected chi connectivity index (χ2v) is 5.21. The van der Waals surface area contributed by atoms with Gasteiger partial charge in [0.25, 0.3) is 0 Å². The molecule has 0 amide bonds. The van der Waals surface area contributed by atoms with Gasteiger partial charge in [-0.3, -0.25) is 0 Å². The number of rotatable bonds is 7. The molecule has 0 aliphatic carbocycles. The third-order valence-electron chi connectivity index (χ3n) is 2.74. The Labute approximate surface area is 113 Å². The Bertz CT molecular complexity index is 341. The molecule has 0 aliphatic heterocycles. The molecule has 0 saturated heterocycles. The van der Waals surface area contributed by atoms with E-state index in [1.165, 1.54) is 5.56 Å². The molecule has 0 heterocycles. The maximum absolute atomic E-state index is 5.75. The minimum atomic E-state index is 0.535. The fraction of sp³-hybridized carbons (Fsp3) is 0.571. The summed E-state index contributed by atoms with van der Waals surface area (Å²) in [4.78, 5) is 0. The first-order valence-electron chi connectivity index (χ1n) is 6.32. The number of ether oxygens (including phenoxy) is 1. The van der Waals surface area contributed by atoms with Gasteiger partial charge in [-0.2, -0.15) is 0 Å². The van der Waals surface area contributed by atoms with E-state index in [4.69, 9.17) is 4.74 Å². The zero-order valence-electron chi connectivity index (χ0n) is 10.9. The summed E-state index contributed by atoms with van der Waals surface area (Å²) in [6.07, 6.45) is 2.17. The predicted octanol–water partition coefficient (Wildman–Crippen LogP) is 4.13. The predicted molar refractivity (Wildman–Crippen MR) is 76.5 cm³/mol. The van der Waals surface area contributed by atoms with E-state index in [0.717, 1.165) is 36.2 Å². The van der Waals surface area contributed by atoms with Crippen LogP contribution in [-0.2, 0) is 6.54 Å². The Morgan fingerprint density at radius 2 is 2.12 bits per heavy atom. The van der Waals surface area contributed by atoms with Gasteiger partial charge in [0.1, 0.15) is 5.75 Å². The van der Waals surface area contributed by atoms with Crippen LogP contribution < -0.4 is 10.1 Å². The van der Waals surface area contributed by atoms with Crippen molar-refractivity contribution >= 4 is 15.9 Å². The normalized spacial score (nSPS) is 12.5. The largest absolute Gasteiger partial charge is 0.493 e. The molecule has 1 aromatic rings. The average Bonchev–Trinajstić information content (AvgIpc) is 2.34. The molecule has 0 fully saturated rings. The third-order valence-corrected chi connectivity index (χ3v) is 3.23. The molecule has 17 heavy (non-hydrogen) atoms. The van der Waals surface area contributed by atoms with E-state index in [-0.39, 0.29) is 0 Å². The van der Waals surface area contributed by atoms with Gasteiger partial charge in [-0.05, 0) is 38.0 Å². The van der Waals surface area contributed by atoms with Crippen LogP contribution in [0.1, 0.15) is 39.2 Å². The van der Waals surface area contributed by atoms with Crippen LogP contribution in [0.5, 0.6) is 5.75 Å². The molecule has 1 aromatic carbocycles. The molecule has 3 heteroatoms. The Morgan fingerprint density at radius 1 is 1.35 bits per heavy atom. The summed E-state index contributed by atoms with van der Waals surface area (Å²) in [6.45, 7) is 8.14. The van der Waals surface area contributed by atoms with E-state index in [9.17, 15) is 0 Å². The molecule has 0 unspecified atom stereocenters. The molecule has 0 spiro atoms. The van der Waals surface area contributed by atoms with Crippen LogP contribution >= 0.6 is 15.9 Å². The quantitative estimate of drug-likeness (QED) is 0.817. The maximum Gasteiger partial charge on any atom is 0.123 e. The maximum atomic E-state index is 5.75. The minimum Gasteiger partial charge on any atom is -0.493 e. The Kier molecular flexibility index (Phi) is 6.60. The second kappa shape index (κ2) is 7.72. The van der Waals surface area contributed by atoms with Crippen molar-refractivity contribution in [1.82, 2.24) is 5.32 Å². The number of nitrogens with one attached hydrogen (secondary N) is 1.